The Bertz CT molecular complexity index is 1080. The van der Waals surface area contributed by atoms with Crippen molar-refractivity contribution in [2.75, 3.05) is 44.3 Å². The smallest absolute Gasteiger partial charge is 0.378 e. The summed E-state index contributed by atoms with van der Waals surface area (Å²) in [6.45, 7) is 3.38. The van der Waals surface area contributed by atoms with Crippen LogP contribution in [0.15, 0.2) is 24.8 Å². The molecule has 12 heteroatoms. The molecule has 5 heterocycles. The monoisotopic (exact) mass is 462 g/mol. The quantitative estimate of drug-likeness (QED) is 0.572. The van der Waals surface area contributed by atoms with Crippen LogP contribution in [0.25, 0.3) is 11.2 Å². The van der Waals surface area contributed by atoms with Gasteiger partial charge in [-0.15, -0.1) is 0 Å². The lowest BCUT2D eigenvalue weighted by Gasteiger charge is -2.32. The van der Waals surface area contributed by atoms with Crippen LogP contribution in [0, 0.1) is 0 Å². The number of morpholine rings is 1. The number of ether oxygens (including phenoxy) is 1. The van der Waals surface area contributed by atoms with Crippen LogP contribution in [-0.2, 0) is 17.8 Å². The summed E-state index contributed by atoms with van der Waals surface area (Å²) in [6.07, 6.45) is 2.09. The van der Waals surface area contributed by atoms with Gasteiger partial charge in [-0.25, -0.2) is 24.9 Å². The van der Waals surface area contributed by atoms with Gasteiger partial charge in [-0.05, 0) is 25.5 Å². The van der Waals surface area contributed by atoms with Gasteiger partial charge in [0.05, 0.1) is 26.1 Å². The van der Waals surface area contributed by atoms with E-state index in [1.807, 2.05) is 4.90 Å². The molecule has 2 aliphatic rings. The third-order valence-corrected chi connectivity index (χ3v) is 5.98. The zero-order chi connectivity index (χ0) is 22.8. The summed E-state index contributed by atoms with van der Waals surface area (Å²) in [5.41, 5.74) is 0.623. The topological polar surface area (TPSA) is 85.1 Å². The second kappa shape index (κ2) is 9.18. The average Bonchev–Trinajstić information content (AvgIpc) is 3.21. The van der Waals surface area contributed by atoms with Crippen molar-refractivity contribution in [1.29, 1.82) is 0 Å². The van der Waals surface area contributed by atoms with E-state index >= 15 is 0 Å². The van der Waals surface area contributed by atoms with Crippen LogP contribution in [0.3, 0.4) is 0 Å². The molecule has 0 aromatic carbocycles. The van der Waals surface area contributed by atoms with Crippen LogP contribution < -0.4 is 4.90 Å². The molecule has 5 rings (SSSR count). The number of piperidine rings is 1. The Labute approximate surface area is 188 Å². The molecule has 3 aromatic heterocycles. The van der Waals surface area contributed by atoms with E-state index < -0.39 is 12.7 Å². The number of rotatable bonds is 5. The first kappa shape index (κ1) is 22.0. The third kappa shape index (κ3) is 5.06. The van der Waals surface area contributed by atoms with E-state index in [9.17, 15) is 13.2 Å². The molecule has 176 valence electrons. The highest BCUT2D eigenvalue weighted by Gasteiger charge is 2.31. The first-order valence-electron chi connectivity index (χ1n) is 11.1. The van der Waals surface area contributed by atoms with Gasteiger partial charge in [0.2, 0.25) is 0 Å². The highest BCUT2D eigenvalue weighted by molar-refractivity contribution is 5.83. The molecule has 0 aliphatic carbocycles. The SMILES string of the molecule is FC(F)(F)Cn1cnc2c(N3CCOCC3)nc(C3CCCN(Cc4ncccn4)C3)nc21. The van der Waals surface area contributed by atoms with Gasteiger partial charge < -0.3 is 14.2 Å². The lowest BCUT2D eigenvalue weighted by atomic mass is 9.97. The third-order valence-electron chi connectivity index (χ3n) is 5.98. The molecular weight excluding hydrogens is 437 g/mol. The van der Waals surface area contributed by atoms with Gasteiger partial charge in [0, 0.05) is 37.9 Å². The number of imidazole rings is 1. The molecule has 1 unspecified atom stereocenters. The number of fused-ring (bicyclic) bond motifs is 1. The van der Waals surface area contributed by atoms with Crippen molar-refractivity contribution in [2.45, 2.75) is 38.0 Å². The fourth-order valence-corrected chi connectivity index (χ4v) is 4.45. The Morgan fingerprint density at radius 1 is 1.03 bits per heavy atom. The summed E-state index contributed by atoms with van der Waals surface area (Å²) in [5.74, 6) is 1.89. The number of hydrogen-bond acceptors (Lipinski definition) is 8. The summed E-state index contributed by atoms with van der Waals surface area (Å²) in [5, 5.41) is 0. The lowest BCUT2D eigenvalue weighted by molar-refractivity contribution is -0.140. The summed E-state index contributed by atoms with van der Waals surface area (Å²) >= 11 is 0. The molecule has 0 spiro atoms. The molecule has 0 amide bonds. The van der Waals surface area contributed by atoms with E-state index in [1.54, 1.807) is 18.5 Å². The van der Waals surface area contributed by atoms with Crippen molar-refractivity contribution < 1.29 is 17.9 Å². The van der Waals surface area contributed by atoms with Crippen LogP contribution in [0.2, 0.25) is 0 Å². The minimum absolute atomic E-state index is 0.000824. The van der Waals surface area contributed by atoms with Crippen molar-refractivity contribution >= 4 is 17.0 Å². The molecule has 2 fully saturated rings. The van der Waals surface area contributed by atoms with Gasteiger partial charge in [-0.1, -0.05) is 0 Å². The van der Waals surface area contributed by atoms with Gasteiger partial charge in [0.1, 0.15) is 18.2 Å². The van der Waals surface area contributed by atoms with E-state index in [2.05, 4.69) is 24.8 Å². The standard InChI is InChI=1S/C21H25F3N8O/c22-21(23,24)13-32-14-27-17-19(31-7-9-33-10-8-31)28-18(29-20(17)32)15-3-1-6-30(11-15)12-16-25-4-2-5-26-16/h2,4-5,14-15H,1,3,6-13H2. The Morgan fingerprint density at radius 2 is 1.82 bits per heavy atom. The molecule has 2 saturated heterocycles. The van der Waals surface area contributed by atoms with Gasteiger partial charge in [0.25, 0.3) is 0 Å². The Kier molecular flexibility index (Phi) is 6.11. The summed E-state index contributed by atoms with van der Waals surface area (Å²) in [6, 6.07) is 1.78. The second-order valence-electron chi connectivity index (χ2n) is 8.40. The van der Waals surface area contributed by atoms with Crippen molar-refractivity contribution in [3.05, 3.63) is 36.4 Å². The Hall–Kier alpha value is -2.86. The molecule has 0 N–H and O–H groups in total. The fourth-order valence-electron chi connectivity index (χ4n) is 4.45. The summed E-state index contributed by atoms with van der Waals surface area (Å²) < 4.78 is 46.0. The maximum Gasteiger partial charge on any atom is 0.406 e. The second-order valence-corrected chi connectivity index (χ2v) is 8.40. The molecule has 33 heavy (non-hydrogen) atoms. The molecular formula is C21H25F3N8O. The van der Waals surface area contributed by atoms with Crippen LogP contribution in [-0.4, -0.2) is 80.0 Å². The minimum atomic E-state index is -4.37. The number of hydrogen-bond donors (Lipinski definition) is 0. The first-order chi connectivity index (χ1) is 16.0. The molecule has 0 bridgehead atoms. The Balaban J connectivity index is 1.47. The number of nitrogens with zero attached hydrogens (tertiary/aromatic N) is 8. The van der Waals surface area contributed by atoms with Gasteiger partial charge >= 0.3 is 6.18 Å². The largest absolute Gasteiger partial charge is 0.406 e. The number of anilines is 1. The highest BCUT2D eigenvalue weighted by atomic mass is 19.4. The van der Waals surface area contributed by atoms with E-state index in [4.69, 9.17) is 9.72 Å². The fraction of sp³-hybridized carbons (Fsp3) is 0.571. The molecule has 3 aromatic rings. The molecule has 9 nitrogen and oxygen atoms in total. The van der Waals surface area contributed by atoms with Crippen LogP contribution >= 0.6 is 0 Å². The predicted molar refractivity (Wildman–Crippen MR) is 114 cm³/mol. The van der Waals surface area contributed by atoms with Crippen molar-refractivity contribution in [3.8, 4) is 0 Å². The maximum absolute atomic E-state index is 13.2. The van der Waals surface area contributed by atoms with Crippen LogP contribution in [0.4, 0.5) is 19.0 Å². The van der Waals surface area contributed by atoms with Gasteiger partial charge in [-0.2, -0.15) is 13.2 Å². The van der Waals surface area contributed by atoms with Gasteiger partial charge in [-0.3, -0.25) is 4.90 Å². The van der Waals surface area contributed by atoms with Crippen LogP contribution in [0.1, 0.15) is 30.4 Å². The maximum atomic E-state index is 13.2. The minimum Gasteiger partial charge on any atom is -0.378 e. The van der Waals surface area contributed by atoms with Gasteiger partial charge in [0.15, 0.2) is 17.0 Å². The van der Waals surface area contributed by atoms with Crippen molar-refractivity contribution in [1.82, 2.24) is 34.4 Å². The molecule has 0 saturated carbocycles. The number of likely N-dealkylation sites (tertiary alicyclic amines) is 1. The van der Waals surface area contributed by atoms with E-state index in [1.165, 1.54) is 6.33 Å². The average molecular weight is 462 g/mol. The van der Waals surface area contributed by atoms with E-state index in [0.29, 0.717) is 56.6 Å². The summed E-state index contributed by atoms with van der Waals surface area (Å²) in [7, 11) is 0. The van der Waals surface area contributed by atoms with Crippen molar-refractivity contribution in [3.63, 3.8) is 0 Å². The zero-order valence-electron chi connectivity index (χ0n) is 18.1. The summed E-state index contributed by atoms with van der Waals surface area (Å²) in [4.78, 5) is 26.6. The number of alkyl halides is 3. The zero-order valence-corrected chi connectivity index (χ0v) is 18.1. The van der Waals surface area contributed by atoms with Crippen molar-refractivity contribution in [2.24, 2.45) is 0 Å². The van der Waals surface area contributed by atoms with E-state index in [0.717, 1.165) is 29.8 Å². The first-order valence-corrected chi connectivity index (χ1v) is 11.1. The Morgan fingerprint density at radius 3 is 2.58 bits per heavy atom. The van der Waals surface area contributed by atoms with Crippen LogP contribution in [0.5, 0.6) is 0 Å². The lowest BCUT2D eigenvalue weighted by Crippen LogP contribution is -2.38. The molecule has 2 aliphatic heterocycles. The highest BCUT2D eigenvalue weighted by Crippen LogP contribution is 2.31. The molecule has 1 atom stereocenters. The number of aromatic nitrogens is 6. The number of halogens is 3. The normalized spacial score (nSPS) is 20.5. The molecule has 0 radical (unpaired) electrons. The van der Waals surface area contributed by atoms with E-state index in [-0.39, 0.29) is 11.6 Å². The predicted octanol–water partition coefficient (Wildman–Crippen LogP) is 2.39.